The van der Waals surface area contributed by atoms with Crippen LogP contribution in [0.4, 0.5) is 0 Å². The SMILES string of the molecule is Cn1cc(CC(=O)C2CCCc3sccc32)cn1. The van der Waals surface area contributed by atoms with Crippen LogP contribution >= 0.6 is 11.3 Å². The van der Waals surface area contributed by atoms with Gasteiger partial charge in [-0.2, -0.15) is 5.10 Å². The maximum absolute atomic E-state index is 12.4. The number of carbonyl (C=O) groups is 1. The lowest BCUT2D eigenvalue weighted by molar-refractivity contribution is -0.120. The highest BCUT2D eigenvalue weighted by molar-refractivity contribution is 7.10. The van der Waals surface area contributed by atoms with Gasteiger partial charge >= 0.3 is 0 Å². The fourth-order valence-electron chi connectivity index (χ4n) is 2.71. The van der Waals surface area contributed by atoms with Crippen LogP contribution in [-0.4, -0.2) is 15.6 Å². The second-order valence-electron chi connectivity index (χ2n) is 4.91. The first-order valence-electron chi connectivity index (χ1n) is 6.30. The minimum atomic E-state index is 0.111. The first kappa shape index (κ1) is 11.7. The van der Waals surface area contributed by atoms with Crippen LogP contribution in [0.2, 0.25) is 0 Å². The van der Waals surface area contributed by atoms with Gasteiger partial charge in [0.2, 0.25) is 0 Å². The van der Waals surface area contributed by atoms with Crippen LogP contribution in [0, 0.1) is 0 Å². The molecule has 4 heteroatoms. The van der Waals surface area contributed by atoms with Crippen LogP contribution < -0.4 is 0 Å². The van der Waals surface area contributed by atoms with Crippen LogP contribution in [0.3, 0.4) is 0 Å². The van der Waals surface area contributed by atoms with E-state index in [0.717, 1.165) is 24.8 Å². The maximum atomic E-state index is 12.4. The molecule has 0 bridgehead atoms. The normalized spacial score (nSPS) is 18.6. The van der Waals surface area contributed by atoms with Crippen molar-refractivity contribution in [3.63, 3.8) is 0 Å². The van der Waals surface area contributed by atoms with E-state index >= 15 is 0 Å². The number of ketones is 1. The van der Waals surface area contributed by atoms with Crippen molar-refractivity contribution in [3.05, 3.63) is 39.8 Å². The molecule has 2 aromatic rings. The van der Waals surface area contributed by atoms with Gasteiger partial charge in [0.05, 0.1) is 6.20 Å². The molecule has 0 aromatic carbocycles. The Morgan fingerprint density at radius 3 is 3.28 bits per heavy atom. The fourth-order valence-corrected chi connectivity index (χ4v) is 3.70. The Kier molecular flexibility index (Phi) is 3.04. The van der Waals surface area contributed by atoms with E-state index < -0.39 is 0 Å². The zero-order valence-electron chi connectivity index (χ0n) is 10.4. The molecular weight excluding hydrogens is 244 g/mol. The van der Waals surface area contributed by atoms with Gasteiger partial charge in [0.1, 0.15) is 5.78 Å². The molecule has 0 saturated carbocycles. The molecule has 1 atom stereocenters. The third-order valence-corrected chi connectivity index (χ3v) is 4.57. The zero-order valence-corrected chi connectivity index (χ0v) is 11.2. The van der Waals surface area contributed by atoms with Crippen molar-refractivity contribution in [3.8, 4) is 0 Å². The van der Waals surface area contributed by atoms with E-state index in [2.05, 4.69) is 16.5 Å². The van der Waals surface area contributed by atoms with Crippen LogP contribution in [0.5, 0.6) is 0 Å². The monoisotopic (exact) mass is 260 g/mol. The van der Waals surface area contributed by atoms with Crippen molar-refractivity contribution >= 4 is 17.1 Å². The summed E-state index contributed by atoms with van der Waals surface area (Å²) in [5.41, 5.74) is 2.30. The van der Waals surface area contributed by atoms with Crippen LogP contribution in [-0.2, 0) is 24.7 Å². The van der Waals surface area contributed by atoms with E-state index in [0.29, 0.717) is 12.2 Å². The Bertz CT molecular complexity index is 570. The van der Waals surface area contributed by atoms with Crippen molar-refractivity contribution in [1.29, 1.82) is 0 Å². The van der Waals surface area contributed by atoms with Gasteiger partial charge in [-0.3, -0.25) is 9.48 Å². The molecule has 2 heterocycles. The predicted molar refractivity (Wildman–Crippen MR) is 71.9 cm³/mol. The number of nitrogens with zero attached hydrogens (tertiary/aromatic N) is 2. The smallest absolute Gasteiger partial charge is 0.144 e. The third-order valence-electron chi connectivity index (χ3n) is 3.58. The van der Waals surface area contributed by atoms with Gasteiger partial charge in [-0.05, 0) is 41.8 Å². The average molecular weight is 260 g/mol. The summed E-state index contributed by atoms with van der Waals surface area (Å²) in [7, 11) is 1.88. The molecule has 94 valence electrons. The molecule has 1 aliphatic rings. The number of aryl methyl sites for hydroxylation is 2. The van der Waals surface area contributed by atoms with E-state index in [1.54, 1.807) is 22.2 Å². The van der Waals surface area contributed by atoms with Gasteiger partial charge in [0.15, 0.2) is 0 Å². The third kappa shape index (κ3) is 2.12. The molecule has 18 heavy (non-hydrogen) atoms. The molecule has 0 N–H and O–H groups in total. The molecule has 3 rings (SSSR count). The molecule has 3 nitrogen and oxygen atoms in total. The highest BCUT2D eigenvalue weighted by Gasteiger charge is 2.27. The molecule has 0 radical (unpaired) electrons. The van der Waals surface area contributed by atoms with Crippen molar-refractivity contribution < 1.29 is 4.79 Å². The number of hydrogen-bond acceptors (Lipinski definition) is 3. The molecule has 2 aromatic heterocycles. The minimum absolute atomic E-state index is 0.111. The van der Waals surface area contributed by atoms with Crippen molar-refractivity contribution in [2.75, 3.05) is 0 Å². The minimum Gasteiger partial charge on any atom is -0.299 e. The number of rotatable bonds is 3. The number of aromatic nitrogens is 2. The predicted octanol–water partition coefficient (Wildman–Crippen LogP) is 2.71. The number of thiophene rings is 1. The highest BCUT2D eigenvalue weighted by Crippen LogP contribution is 2.35. The maximum Gasteiger partial charge on any atom is 0.144 e. The summed E-state index contributed by atoms with van der Waals surface area (Å²) >= 11 is 1.79. The summed E-state index contributed by atoms with van der Waals surface area (Å²) in [6, 6.07) is 2.13. The number of carbonyl (C=O) groups excluding carboxylic acids is 1. The average Bonchev–Trinajstić information content (AvgIpc) is 2.97. The van der Waals surface area contributed by atoms with Crippen LogP contribution in [0.25, 0.3) is 0 Å². The van der Waals surface area contributed by atoms with Crippen molar-refractivity contribution in [2.45, 2.75) is 31.6 Å². The summed E-state index contributed by atoms with van der Waals surface area (Å²) in [6.07, 6.45) is 7.50. The molecule has 0 spiro atoms. The lowest BCUT2D eigenvalue weighted by Crippen LogP contribution is -2.18. The fraction of sp³-hybridized carbons (Fsp3) is 0.429. The Morgan fingerprint density at radius 1 is 1.61 bits per heavy atom. The van der Waals surface area contributed by atoms with Gasteiger partial charge in [0.25, 0.3) is 0 Å². The van der Waals surface area contributed by atoms with E-state index in [-0.39, 0.29) is 5.92 Å². The number of hydrogen-bond donors (Lipinski definition) is 0. The van der Waals surface area contributed by atoms with Gasteiger partial charge in [-0.15, -0.1) is 11.3 Å². The second kappa shape index (κ2) is 4.69. The number of fused-ring (bicyclic) bond motifs is 1. The van der Waals surface area contributed by atoms with Gasteiger partial charge in [-0.1, -0.05) is 0 Å². The highest BCUT2D eigenvalue weighted by atomic mass is 32.1. The standard InChI is InChI=1S/C14H16N2OS/c1-16-9-10(8-15-16)7-13(17)11-3-2-4-14-12(11)5-6-18-14/h5-6,8-9,11H,2-4,7H2,1H3. The Labute approximate surface area is 110 Å². The van der Waals surface area contributed by atoms with E-state index in [4.69, 9.17) is 0 Å². The summed E-state index contributed by atoms with van der Waals surface area (Å²) in [6.45, 7) is 0. The summed E-state index contributed by atoms with van der Waals surface area (Å²) in [4.78, 5) is 13.8. The van der Waals surface area contributed by atoms with Crippen LogP contribution in [0.15, 0.2) is 23.8 Å². The first-order chi connectivity index (χ1) is 8.74. The Morgan fingerprint density at radius 2 is 2.50 bits per heavy atom. The van der Waals surface area contributed by atoms with E-state index in [9.17, 15) is 4.79 Å². The molecule has 0 saturated heterocycles. The molecule has 1 aliphatic carbocycles. The Hall–Kier alpha value is -1.42. The van der Waals surface area contributed by atoms with Gasteiger partial charge in [0, 0.05) is 30.5 Å². The molecular formula is C14H16N2OS. The molecule has 1 unspecified atom stereocenters. The summed E-state index contributed by atoms with van der Waals surface area (Å²) in [5.74, 6) is 0.447. The molecule has 0 fully saturated rings. The van der Waals surface area contributed by atoms with E-state index in [1.807, 2.05) is 13.2 Å². The second-order valence-corrected chi connectivity index (χ2v) is 5.91. The van der Waals surface area contributed by atoms with Crippen molar-refractivity contribution in [1.82, 2.24) is 9.78 Å². The van der Waals surface area contributed by atoms with Crippen LogP contribution in [0.1, 0.15) is 34.8 Å². The van der Waals surface area contributed by atoms with Crippen molar-refractivity contribution in [2.24, 2.45) is 7.05 Å². The number of Topliss-reactive ketones (excluding diaryl/α,β-unsaturated/α-hetero) is 1. The molecule has 0 amide bonds. The lowest BCUT2D eigenvalue weighted by atomic mass is 9.83. The quantitative estimate of drug-likeness (QED) is 0.850. The topological polar surface area (TPSA) is 34.9 Å². The largest absolute Gasteiger partial charge is 0.299 e. The summed E-state index contributed by atoms with van der Waals surface area (Å²) < 4.78 is 1.75. The first-order valence-corrected chi connectivity index (χ1v) is 7.18. The summed E-state index contributed by atoms with van der Waals surface area (Å²) in [5, 5.41) is 6.23. The Balaban J connectivity index is 1.78. The lowest BCUT2D eigenvalue weighted by Gasteiger charge is -2.21. The van der Waals surface area contributed by atoms with Gasteiger partial charge in [-0.25, -0.2) is 0 Å². The van der Waals surface area contributed by atoms with E-state index in [1.165, 1.54) is 10.4 Å². The molecule has 0 aliphatic heterocycles. The zero-order chi connectivity index (χ0) is 12.5. The van der Waals surface area contributed by atoms with Gasteiger partial charge < -0.3 is 0 Å².